The molecule has 0 unspecified atom stereocenters. The smallest absolute Gasteiger partial charge is 0.314 e. The minimum atomic E-state index is -0.246. The van der Waals surface area contributed by atoms with E-state index in [2.05, 4.69) is 23.9 Å². The fraction of sp³-hybridized carbons (Fsp3) is 0.438. The van der Waals surface area contributed by atoms with E-state index in [4.69, 9.17) is 4.74 Å². The normalized spacial score (nSPS) is 13.7. The topological polar surface area (TPSA) is 57.0 Å². The Hall–Kier alpha value is -2.17. The molecule has 21 heavy (non-hydrogen) atoms. The number of ether oxygens (including phenoxy) is 1. The summed E-state index contributed by atoms with van der Waals surface area (Å²) in [5.74, 6) is 0.404. The van der Waals surface area contributed by atoms with Gasteiger partial charge in [0.15, 0.2) is 12.4 Å². The predicted octanol–water partition coefficient (Wildman–Crippen LogP) is 2.69. The number of benzene rings is 1. The molecule has 0 amide bonds. The summed E-state index contributed by atoms with van der Waals surface area (Å²) in [4.78, 5) is 16.5. The van der Waals surface area contributed by atoms with E-state index < -0.39 is 0 Å². The Labute approximate surface area is 125 Å². The molecule has 2 rings (SSSR count). The fourth-order valence-electron chi connectivity index (χ4n) is 2.27. The number of esters is 1. The maximum absolute atomic E-state index is 12.5. The van der Waals surface area contributed by atoms with Gasteiger partial charge in [-0.15, -0.1) is 0 Å². The molecule has 5 nitrogen and oxygen atoms in total. The Morgan fingerprint density at radius 1 is 1.33 bits per heavy atom. The van der Waals surface area contributed by atoms with Gasteiger partial charge in [0, 0.05) is 7.05 Å². The molecule has 0 bridgehead atoms. The van der Waals surface area contributed by atoms with Gasteiger partial charge in [-0.1, -0.05) is 50.6 Å². The van der Waals surface area contributed by atoms with Gasteiger partial charge >= 0.3 is 5.97 Å². The second-order valence-electron chi connectivity index (χ2n) is 5.18. The fourth-order valence-corrected chi connectivity index (χ4v) is 2.27. The standard InChI is InChI=1S/C16H21N3O2/c1-4-12(2)15(13-8-6-5-7-9-13)16(20)21-10-14-17-11-18-19(14)3/h5-9,11-12,15H,4,10H2,1-3H3/t12-,15-/m0/s1. The molecule has 0 fully saturated rings. The summed E-state index contributed by atoms with van der Waals surface area (Å²) in [6.07, 6.45) is 2.37. The van der Waals surface area contributed by atoms with Gasteiger partial charge < -0.3 is 4.74 Å². The lowest BCUT2D eigenvalue weighted by Gasteiger charge is -2.21. The van der Waals surface area contributed by atoms with Gasteiger partial charge in [0.25, 0.3) is 0 Å². The third-order valence-electron chi connectivity index (χ3n) is 3.77. The summed E-state index contributed by atoms with van der Waals surface area (Å²) >= 11 is 0. The Bertz CT molecular complexity index is 580. The molecule has 0 spiro atoms. The third-order valence-corrected chi connectivity index (χ3v) is 3.77. The molecule has 0 aliphatic carbocycles. The third kappa shape index (κ3) is 3.68. The predicted molar refractivity (Wildman–Crippen MR) is 79.4 cm³/mol. The van der Waals surface area contributed by atoms with Crippen molar-refractivity contribution < 1.29 is 9.53 Å². The van der Waals surface area contributed by atoms with Gasteiger partial charge in [0.05, 0.1) is 5.92 Å². The van der Waals surface area contributed by atoms with Gasteiger partial charge in [0.2, 0.25) is 0 Å². The van der Waals surface area contributed by atoms with Crippen LogP contribution in [0.3, 0.4) is 0 Å². The number of carbonyl (C=O) groups excluding carboxylic acids is 1. The van der Waals surface area contributed by atoms with E-state index in [1.54, 1.807) is 11.7 Å². The minimum Gasteiger partial charge on any atom is -0.457 e. The molecule has 0 aliphatic rings. The first-order chi connectivity index (χ1) is 10.1. The summed E-state index contributed by atoms with van der Waals surface area (Å²) in [6, 6.07) is 9.78. The van der Waals surface area contributed by atoms with Crippen LogP contribution in [-0.2, 0) is 23.2 Å². The van der Waals surface area contributed by atoms with E-state index in [0.717, 1.165) is 12.0 Å². The maximum atomic E-state index is 12.5. The SMILES string of the molecule is CC[C@H](C)[C@H](C(=O)OCc1ncnn1C)c1ccccc1. The zero-order chi connectivity index (χ0) is 15.2. The molecule has 1 aromatic heterocycles. The van der Waals surface area contributed by atoms with Crippen LogP contribution in [0.4, 0.5) is 0 Å². The highest BCUT2D eigenvalue weighted by molar-refractivity contribution is 5.78. The van der Waals surface area contributed by atoms with Crippen LogP contribution in [0.2, 0.25) is 0 Å². The Morgan fingerprint density at radius 3 is 2.62 bits per heavy atom. The van der Waals surface area contributed by atoms with Crippen LogP contribution in [0, 0.1) is 5.92 Å². The largest absolute Gasteiger partial charge is 0.457 e. The van der Waals surface area contributed by atoms with Gasteiger partial charge in [-0.2, -0.15) is 5.10 Å². The summed E-state index contributed by atoms with van der Waals surface area (Å²) in [6.45, 7) is 4.30. The second-order valence-corrected chi connectivity index (χ2v) is 5.18. The lowest BCUT2D eigenvalue weighted by atomic mass is 9.86. The first kappa shape index (κ1) is 15.2. The van der Waals surface area contributed by atoms with Crippen LogP contribution >= 0.6 is 0 Å². The molecule has 0 N–H and O–H groups in total. The molecular formula is C16H21N3O2. The first-order valence-corrected chi connectivity index (χ1v) is 7.18. The van der Waals surface area contributed by atoms with E-state index >= 15 is 0 Å². The van der Waals surface area contributed by atoms with Crippen LogP contribution in [0.5, 0.6) is 0 Å². The van der Waals surface area contributed by atoms with Gasteiger partial charge in [-0.05, 0) is 11.5 Å². The van der Waals surface area contributed by atoms with Crippen molar-refractivity contribution in [3.05, 3.63) is 48.0 Å². The van der Waals surface area contributed by atoms with Gasteiger partial charge in [-0.3, -0.25) is 9.48 Å². The van der Waals surface area contributed by atoms with Crippen LogP contribution in [0.15, 0.2) is 36.7 Å². The molecule has 0 saturated carbocycles. The number of carbonyl (C=O) groups is 1. The molecule has 5 heteroatoms. The number of nitrogens with zero attached hydrogens (tertiary/aromatic N) is 3. The van der Waals surface area contributed by atoms with Crippen molar-refractivity contribution in [2.75, 3.05) is 0 Å². The minimum absolute atomic E-state index is 0.148. The van der Waals surface area contributed by atoms with Crippen LogP contribution in [-0.4, -0.2) is 20.7 Å². The van der Waals surface area contributed by atoms with Crippen molar-refractivity contribution >= 4 is 5.97 Å². The van der Waals surface area contributed by atoms with Gasteiger partial charge in [0.1, 0.15) is 6.33 Å². The van der Waals surface area contributed by atoms with Crippen molar-refractivity contribution in [3.8, 4) is 0 Å². The number of hydrogen-bond donors (Lipinski definition) is 0. The van der Waals surface area contributed by atoms with E-state index in [9.17, 15) is 4.79 Å². The Kier molecular flexibility index (Phi) is 5.09. The highest BCUT2D eigenvalue weighted by Crippen LogP contribution is 2.28. The average Bonchev–Trinajstić information content (AvgIpc) is 2.91. The molecular weight excluding hydrogens is 266 g/mol. The molecule has 2 atom stereocenters. The monoisotopic (exact) mass is 287 g/mol. The average molecular weight is 287 g/mol. The molecule has 0 radical (unpaired) electrons. The molecule has 0 aliphatic heterocycles. The molecule has 0 saturated heterocycles. The quantitative estimate of drug-likeness (QED) is 0.766. The summed E-state index contributed by atoms with van der Waals surface area (Å²) in [5.41, 5.74) is 0.995. The van der Waals surface area contributed by atoms with Crippen molar-refractivity contribution in [3.63, 3.8) is 0 Å². The van der Waals surface area contributed by atoms with Crippen LogP contribution < -0.4 is 0 Å². The van der Waals surface area contributed by atoms with E-state index in [-0.39, 0.29) is 24.4 Å². The van der Waals surface area contributed by atoms with E-state index in [0.29, 0.717) is 5.82 Å². The lowest BCUT2D eigenvalue weighted by molar-refractivity contribution is -0.148. The van der Waals surface area contributed by atoms with Crippen molar-refractivity contribution in [1.29, 1.82) is 0 Å². The van der Waals surface area contributed by atoms with Crippen LogP contribution in [0.25, 0.3) is 0 Å². The molecule has 112 valence electrons. The zero-order valence-corrected chi connectivity index (χ0v) is 12.7. The number of rotatable bonds is 6. The number of hydrogen-bond acceptors (Lipinski definition) is 4. The summed E-state index contributed by atoms with van der Waals surface area (Å²) < 4.78 is 7.05. The lowest BCUT2D eigenvalue weighted by Crippen LogP contribution is -2.22. The van der Waals surface area contributed by atoms with Crippen molar-refractivity contribution in [1.82, 2.24) is 14.8 Å². The first-order valence-electron chi connectivity index (χ1n) is 7.18. The molecule has 2 aromatic rings. The zero-order valence-electron chi connectivity index (χ0n) is 12.7. The van der Waals surface area contributed by atoms with E-state index in [1.165, 1.54) is 6.33 Å². The second kappa shape index (κ2) is 7.02. The maximum Gasteiger partial charge on any atom is 0.314 e. The number of aromatic nitrogens is 3. The van der Waals surface area contributed by atoms with Crippen molar-refractivity contribution in [2.45, 2.75) is 32.8 Å². The Balaban J connectivity index is 2.10. The Morgan fingerprint density at radius 2 is 2.05 bits per heavy atom. The summed E-state index contributed by atoms with van der Waals surface area (Å²) in [5, 5.41) is 3.96. The molecule has 1 heterocycles. The number of aryl methyl sites for hydroxylation is 1. The van der Waals surface area contributed by atoms with Crippen LogP contribution in [0.1, 0.15) is 37.6 Å². The highest BCUT2D eigenvalue weighted by atomic mass is 16.5. The van der Waals surface area contributed by atoms with E-state index in [1.807, 2.05) is 30.3 Å². The highest BCUT2D eigenvalue weighted by Gasteiger charge is 2.27. The molecule has 1 aromatic carbocycles. The summed E-state index contributed by atoms with van der Waals surface area (Å²) in [7, 11) is 1.78. The van der Waals surface area contributed by atoms with Crippen molar-refractivity contribution in [2.24, 2.45) is 13.0 Å². The van der Waals surface area contributed by atoms with Gasteiger partial charge in [-0.25, -0.2) is 4.98 Å².